The molecule has 0 saturated carbocycles. The van der Waals surface area contributed by atoms with Crippen molar-refractivity contribution in [3.8, 4) is 0 Å². The molecule has 0 radical (unpaired) electrons. The van der Waals surface area contributed by atoms with Gasteiger partial charge in [0.25, 0.3) is 0 Å². The van der Waals surface area contributed by atoms with Crippen molar-refractivity contribution in [2.75, 3.05) is 39.6 Å². The molecule has 0 fully saturated rings. The number of ether oxygens (including phenoxy) is 4. The van der Waals surface area contributed by atoms with Gasteiger partial charge in [0.15, 0.2) is 12.2 Å². The Hall–Kier alpha value is -6.88. The van der Waals surface area contributed by atoms with E-state index in [2.05, 4.69) is 192 Å². The lowest BCUT2D eigenvalue weighted by Gasteiger charge is -2.21. The van der Waals surface area contributed by atoms with Crippen molar-refractivity contribution in [1.29, 1.82) is 0 Å². The van der Waals surface area contributed by atoms with Gasteiger partial charge in [-0.1, -0.05) is 297 Å². The van der Waals surface area contributed by atoms with Gasteiger partial charge in [0.2, 0.25) is 0 Å². The summed E-state index contributed by atoms with van der Waals surface area (Å²) in [6.07, 6.45) is 101. The molecule has 0 aromatic heterocycles. The van der Waals surface area contributed by atoms with Gasteiger partial charge in [-0.15, -0.1) is 0 Å². The summed E-state index contributed by atoms with van der Waals surface area (Å²) in [6, 6.07) is 0. The molecular formula is C89H136O17P2. The SMILES string of the molecule is CC/C=C\C/C=C\C/C=C\C/C=C\C/C=C\C/C=C\CCC(=O)OCC(COP(=O)(O)OCC(O)COP(=O)(O)OCC(COC(=O)C/C=C\C/C=C\C/C=C\C/C=C\C/C=C\CC)OC(=O)C/C=C\C/C=C\C/C=C\C/C=C\C/C=C\CC)OC(=O)CCCCCCCC/C=C\C/C=C\C/C=C\CCCCC. The Morgan fingerprint density at radius 3 is 0.898 bits per heavy atom. The number of carbonyl (C=O) groups is 4. The van der Waals surface area contributed by atoms with Crippen LogP contribution >= 0.6 is 15.6 Å². The largest absolute Gasteiger partial charge is 0.472 e. The van der Waals surface area contributed by atoms with Crippen LogP contribution in [0.15, 0.2) is 231 Å². The summed E-state index contributed by atoms with van der Waals surface area (Å²) in [5.74, 6) is -2.62. The highest BCUT2D eigenvalue weighted by Crippen LogP contribution is 2.45. The van der Waals surface area contributed by atoms with E-state index in [9.17, 15) is 43.2 Å². The van der Waals surface area contributed by atoms with E-state index in [0.29, 0.717) is 32.1 Å². The maximum atomic E-state index is 13.1. The molecule has 108 heavy (non-hydrogen) atoms. The second-order valence-electron chi connectivity index (χ2n) is 25.2. The lowest BCUT2D eigenvalue weighted by atomic mass is 10.1. The minimum absolute atomic E-state index is 0.0188. The van der Waals surface area contributed by atoms with E-state index < -0.39 is 97.5 Å². The predicted octanol–water partition coefficient (Wildman–Crippen LogP) is 23.4. The number of allylic oxidation sites excluding steroid dienone is 36. The molecule has 3 N–H and O–H groups in total. The highest BCUT2D eigenvalue weighted by atomic mass is 31.2. The topological polar surface area (TPSA) is 237 Å². The second-order valence-corrected chi connectivity index (χ2v) is 28.1. The summed E-state index contributed by atoms with van der Waals surface area (Å²) in [4.78, 5) is 72.9. The summed E-state index contributed by atoms with van der Waals surface area (Å²) >= 11 is 0. The van der Waals surface area contributed by atoms with Gasteiger partial charge in [-0.25, -0.2) is 9.13 Å². The van der Waals surface area contributed by atoms with Gasteiger partial charge in [0, 0.05) is 12.8 Å². The molecule has 0 amide bonds. The van der Waals surface area contributed by atoms with Gasteiger partial charge in [-0.2, -0.15) is 0 Å². The number of esters is 4. The molecule has 0 aliphatic rings. The Bertz CT molecular complexity index is 2960. The number of hydrogen-bond donors (Lipinski definition) is 3. The van der Waals surface area contributed by atoms with Crippen LogP contribution in [0.25, 0.3) is 0 Å². The summed E-state index contributed by atoms with van der Waals surface area (Å²) in [6.45, 7) is 4.12. The zero-order valence-corrected chi connectivity index (χ0v) is 67.7. The molecule has 0 aliphatic heterocycles. The fourth-order valence-corrected chi connectivity index (χ4v) is 10.9. The summed E-state index contributed by atoms with van der Waals surface area (Å²) in [7, 11) is -10.1. The first kappa shape index (κ1) is 101. The fourth-order valence-electron chi connectivity index (χ4n) is 9.28. The third kappa shape index (κ3) is 77.3. The Kier molecular flexibility index (Phi) is 73.3. The maximum Gasteiger partial charge on any atom is 0.472 e. The molecule has 17 nitrogen and oxygen atoms in total. The van der Waals surface area contributed by atoms with Crippen LogP contribution < -0.4 is 0 Å². The molecule has 5 atom stereocenters. The molecule has 0 saturated heterocycles. The standard InChI is InChI=1S/C89H136O17P2/c1-5-9-13-17-21-25-29-33-37-39-41-43-47-50-54-58-62-66-70-74-87(92)100-80-85(106-89(94)76-72-68-64-60-56-52-48-44-42-40-38-34-30-26-22-18-14-10-6-2)82-104-108(97,98)102-78-83(90)77-101-107(95,96)103-81-84(105-88(93)75-71-67-63-59-55-51-46-36-32-28-24-20-16-12-8-4)79-99-86(91)73-69-65-61-57-53-49-45-35-31-27-23-19-15-11-7-3/h9,11-13,15-16,21-28,33-38,41-46,50,53-55,57,59,62,65-67,69,71,83-85,90H,5-8,10,14,17-20,29-32,39-40,47-49,51-52,56,58,60-61,63-64,68,70,72-82H2,1-4H3,(H,95,96)(H,97,98)/b13-9-,15-11-,16-12-,25-21-,26-22-,27-23-,28-24-,37-33-,38-34-,43-41-,44-42-,45-35-,46-36-,54-50-,57-53-,59-55-,66-62-,69-65-,71-67-. The summed E-state index contributed by atoms with van der Waals surface area (Å²) in [5, 5.41) is 10.6. The Balaban J connectivity index is 5.61. The van der Waals surface area contributed by atoms with Crippen LogP contribution in [0.4, 0.5) is 0 Å². The van der Waals surface area contributed by atoms with Crippen LogP contribution in [0.1, 0.15) is 246 Å². The van der Waals surface area contributed by atoms with Gasteiger partial charge in [-0.05, 0) is 154 Å². The van der Waals surface area contributed by atoms with Crippen molar-refractivity contribution < 1.29 is 80.2 Å². The summed E-state index contributed by atoms with van der Waals surface area (Å²) < 4.78 is 68.2. The summed E-state index contributed by atoms with van der Waals surface area (Å²) in [5.41, 5.74) is 0. The average molecular weight is 1540 g/mol. The molecule has 0 rings (SSSR count). The quantitative estimate of drug-likeness (QED) is 0.0169. The van der Waals surface area contributed by atoms with E-state index in [1.54, 1.807) is 24.3 Å². The number of phosphoric ester groups is 2. The second kappa shape index (κ2) is 78.2. The normalized spacial score (nSPS) is 15.1. The van der Waals surface area contributed by atoms with E-state index in [1.807, 2.05) is 42.5 Å². The van der Waals surface area contributed by atoms with Gasteiger partial charge >= 0.3 is 39.5 Å². The molecular weight excluding hydrogens is 1400 g/mol. The lowest BCUT2D eigenvalue weighted by Crippen LogP contribution is -2.30. The first-order valence-corrected chi connectivity index (χ1v) is 42.6. The number of phosphoric acid groups is 2. The Morgan fingerprint density at radius 2 is 0.546 bits per heavy atom. The first-order chi connectivity index (χ1) is 52.7. The van der Waals surface area contributed by atoms with Crippen LogP contribution in [-0.2, 0) is 65.4 Å². The third-order valence-electron chi connectivity index (χ3n) is 15.2. The van der Waals surface area contributed by atoms with Crippen LogP contribution in [0.5, 0.6) is 0 Å². The Labute approximate surface area is 651 Å². The fraction of sp³-hybridized carbons (Fsp3) is 0.528. The number of aliphatic hydroxyl groups excluding tert-OH is 1. The molecule has 0 aliphatic carbocycles. The number of unbranched alkanes of at least 4 members (excludes halogenated alkanes) is 9. The van der Waals surface area contributed by atoms with E-state index in [1.165, 1.54) is 19.3 Å². The molecule has 0 spiro atoms. The number of aliphatic hydroxyl groups is 1. The van der Waals surface area contributed by atoms with Gasteiger partial charge in [0.1, 0.15) is 19.3 Å². The zero-order chi connectivity index (χ0) is 78.9. The number of rotatable bonds is 71. The monoisotopic (exact) mass is 1540 g/mol. The lowest BCUT2D eigenvalue weighted by molar-refractivity contribution is -0.161. The predicted molar refractivity (Wildman–Crippen MR) is 444 cm³/mol. The number of hydrogen-bond acceptors (Lipinski definition) is 15. The van der Waals surface area contributed by atoms with Crippen LogP contribution in [0.3, 0.4) is 0 Å². The van der Waals surface area contributed by atoms with Crippen molar-refractivity contribution in [2.45, 2.75) is 264 Å². The van der Waals surface area contributed by atoms with Crippen molar-refractivity contribution in [3.63, 3.8) is 0 Å². The molecule has 0 aromatic rings. The molecule has 5 unspecified atom stereocenters. The minimum Gasteiger partial charge on any atom is -0.462 e. The molecule has 0 bridgehead atoms. The smallest absolute Gasteiger partial charge is 0.462 e. The van der Waals surface area contributed by atoms with Crippen LogP contribution in [0.2, 0.25) is 0 Å². The highest BCUT2D eigenvalue weighted by molar-refractivity contribution is 7.47. The highest BCUT2D eigenvalue weighted by Gasteiger charge is 2.30. The van der Waals surface area contributed by atoms with Crippen LogP contribution in [-0.4, -0.2) is 96.7 Å². The molecule has 0 heterocycles. The first-order valence-electron chi connectivity index (χ1n) is 39.6. The van der Waals surface area contributed by atoms with Crippen molar-refractivity contribution in [2.24, 2.45) is 0 Å². The minimum atomic E-state index is -5.04. The average Bonchev–Trinajstić information content (AvgIpc) is 0.896. The van der Waals surface area contributed by atoms with Gasteiger partial charge in [-0.3, -0.25) is 37.3 Å². The molecule has 0 aromatic carbocycles. The van der Waals surface area contributed by atoms with Crippen molar-refractivity contribution in [1.82, 2.24) is 0 Å². The Morgan fingerprint density at radius 1 is 0.278 bits per heavy atom. The molecule has 604 valence electrons. The van der Waals surface area contributed by atoms with E-state index in [4.69, 9.17) is 37.0 Å². The third-order valence-corrected chi connectivity index (χ3v) is 17.1. The van der Waals surface area contributed by atoms with Crippen molar-refractivity contribution >= 4 is 39.5 Å². The van der Waals surface area contributed by atoms with E-state index >= 15 is 0 Å². The van der Waals surface area contributed by atoms with Crippen LogP contribution in [0, 0.1) is 0 Å². The number of carbonyl (C=O) groups excluding carboxylic acids is 4. The zero-order valence-electron chi connectivity index (χ0n) is 65.9. The maximum absolute atomic E-state index is 13.1. The van der Waals surface area contributed by atoms with Gasteiger partial charge in [0.05, 0.1) is 39.3 Å². The van der Waals surface area contributed by atoms with Crippen molar-refractivity contribution in [3.05, 3.63) is 231 Å². The molecule has 19 heteroatoms. The van der Waals surface area contributed by atoms with E-state index in [-0.39, 0.29) is 25.7 Å². The van der Waals surface area contributed by atoms with E-state index in [0.717, 1.165) is 141 Å². The van der Waals surface area contributed by atoms with Gasteiger partial charge < -0.3 is 33.8 Å².